The summed E-state index contributed by atoms with van der Waals surface area (Å²) in [5.74, 6) is -0.380. The van der Waals surface area contributed by atoms with Crippen LogP contribution in [0.15, 0.2) is 0 Å². The molecule has 0 aromatic rings. The van der Waals surface area contributed by atoms with Crippen molar-refractivity contribution in [3.8, 4) is 0 Å². The highest BCUT2D eigenvalue weighted by Gasteiger charge is 2.44. The van der Waals surface area contributed by atoms with Gasteiger partial charge in [-0.2, -0.15) is 0 Å². The van der Waals surface area contributed by atoms with Crippen LogP contribution in [0.3, 0.4) is 0 Å². The standard InChI is InChI=1S/C25H48O9/c1-2-3-4-5-6-7-8-9-10-11-12-13-14-15-21(28)32-17-19(27)18-33-25-24(31)23(30)22(29)20(16-26)34-25/h19-20,22-27,29-31H,2-18H2,1H3/t19-,20-,22-,23+,24-,25-/m1/s1. The van der Waals surface area contributed by atoms with E-state index in [1.807, 2.05) is 0 Å². The zero-order chi connectivity index (χ0) is 25.2. The summed E-state index contributed by atoms with van der Waals surface area (Å²) in [7, 11) is 0. The van der Waals surface area contributed by atoms with Gasteiger partial charge in [-0.15, -0.1) is 0 Å². The Balaban J connectivity index is 1.99. The lowest BCUT2D eigenvalue weighted by atomic mass is 9.99. The minimum absolute atomic E-state index is 0.255. The van der Waals surface area contributed by atoms with Crippen LogP contribution in [0.2, 0.25) is 0 Å². The molecule has 1 aliphatic heterocycles. The summed E-state index contributed by atoms with van der Waals surface area (Å²) in [4.78, 5) is 11.8. The van der Waals surface area contributed by atoms with Gasteiger partial charge >= 0.3 is 5.97 Å². The van der Waals surface area contributed by atoms with Gasteiger partial charge in [0.05, 0.1) is 13.2 Å². The SMILES string of the molecule is CCCCCCCCCCCCCCCC(=O)OC[C@@H](O)CO[C@@H]1O[C@H](CO)[C@@H](O)[C@H](O)[C@H]1O. The lowest BCUT2D eigenvalue weighted by Gasteiger charge is -2.39. The van der Waals surface area contributed by atoms with Crippen molar-refractivity contribution in [1.29, 1.82) is 0 Å². The van der Waals surface area contributed by atoms with Crippen molar-refractivity contribution in [3.63, 3.8) is 0 Å². The highest BCUT2D eigenvalue weighted by atomic mass is 16.7. The van der Waals surface area contributed by atoms with Gasteiger partial charge in [-0.05, 0) is 6.42 Å². The van der Waals surface area contributed by atoms with E-state index in [2.05, 4.69) is 6.92 Å². The number of aliphatic hydroxyl groups is 5. The Morgan fingerprint density at radius 1 is 0.794 bits per heavy atom. The van der Waals surface area contributed by atoms with Crippen molar-refractivity contribution >= 4 is 5.97 Å². The molecule has 0 aromatic carbocycles. The molecule has 9 heteroatoms. The van der Waals surface area contributed by atoms with E-state index in [9.17, 15) is 25.2 Å². The van der Waals surface area contributed by atoms with E-state index >= 15 is 0 Å². The third kappa shape index (κ3) is 13.3. The number of unbranched alkanes of at least 4 members (excludes halogenated alkanes) is 12. The second-order valence-corrected chi connectivity index (χ2v) is 9.36. The number of aliphatic hydroxyl groups excluding tert-OH is 5. The van der Waals surface area contributed by atoms with E-state index in [1.165, 1.54) is 64.2 Å². The van der Waals surface area contributed by atoms with Crippen molar-refractivity contribution in [1.82, 2.24) is 0 Å². The van der Waals surface area contributed by atoms with Crippen LogP contribution < -0.4 is 0 Å². The Hall–Kier alpha value is -0.810. The first-order chi connectivity index (χ1) is 16.4. The van der Waals surface area contributed by atoms with Crippen LogP contribution in [0.25, 0.3) is 0 Å². The first-order valence-corrected chi connectivity index (χ1v) is 13.2. The Morgan fingerprint density at radius 2 is 1.32 bits per heavy atom. The summed E-state index contributed by atoms with van der Waals surface area (Å²) in [6.45, 7) is 1.11. The fourth-order valence-corrected chi connectivity index (χ4v) is 4.01. The number of hydrogen-bond acceptors (Lipinski definition) is 9. The van der Waals surface area contributed by atoms with Gasteiger partial charge in [-0.1, -0.05) is 84.0 Å². The van der Waals surface area contributed by atoms with E-state index in [-0.39, 0.29) is 19.2 Å². The largest absolute Gasteiger partial charge is 0.463 e. The topological polar surface area (TPSA) is 146 Å². The Morgan fingerprint density at radius 3 is 1.85 bits per heavy atom. The van der Waals surface area contributed by atoms with Crippen LogP contribution in [-0.2, 0) is 19.0 Å². The van der Waals surface area contributed by atoms with Gasteiger partial charge in [-0.25, -0.2) is 0 Å². The summed E-state index contributed by atoms with van der Waals surface area (Å²) in [5, 5.41) is 48.4. The third-order valence-electron chi connectivity index (χ3n) is 6.22. The van der Waals surface area contributed by atoms with E-state index in [4.69, 9.17) is 19.3 Å². The van der Waals surface area contributed by atoms with Gasteiger partial charge in [0.2, 0.25) is 0 Å². The van der Waals surface area contributed by atoms with Crippen molar-refractivity contribution < 1.29 is 44.5 Å². The average molecular weight is 493 g/mol. The molecule has 0 radical (unpaired) electrons. The van der Waals surface area contributed by atoms with E-state index in [0.717, 1.165) is 19.3 Å². The van der Waals surface area contributed by atoms with Crippen LogP contribution in [0, 0.1) is 0 Å². The smallest absolute Gasteiger partial charge is 0.305 e. The third-order valence-corrected chi connectivity index (χ3v) is 6.22. The number of rotatable bonds is 20. The van der Waals surface area contributed by atoms with Gasteiger partial charge in [0.15, 0.2) is 6.29 Å². The Labute approximate surface area is 204 Å². The van der Waals surface area contributed by atoms with Crippen molar-refractivity contribution in [2.45, 2.75) is 134 Å². The van der Waals surface area contributed by atoms with Crippen molar-refractivity contribution in [2.75, 3.05) is 19.8 Å². The van der Waals surface area contributed by atoms with Crippen LogP contribution in [0.5, 0.6) is 0 Å². The van der Waals surface area contributed by atoms with Crippen LogP contribution in [0.1, 0.15) is 96.8 Å². The summed E-state index contributed by atoms with van der Waals surface area (Å²) >= 11 is 0. The number of carbonyl (C=O) groups excluding carboxylic acids is 1. The maximum absolute atomic E-state index is 11.8. The van der Waals surface area contributed by atoms with Crippen LogP contribution >= 0.6 is 0 Å². The van der Waals surface area contributed by atoms with Gasteiger partial charge in [0.1, 0.15) is 37.1 Å². The fourth-order valence-electron chi connectivity index (χ4n) is 4.01. The highest BCUT2D eigenvalue weighted by Crippen LogP contribution is 2.22. The molecule has 0 aliphatic carbocycles. The van der Waals surface area contributed by atoms with E-state index in [0.29, 0.717) is 6.42 Å². The van der Waals surface area contributed by atoms with E-state index < -0.39 is 43.4 Å². The molecular formula is C25H48O9. The number of hydrogen-bond donors (Lipinski definition) is 5. The lowest BCUT2D eigenvalue weighted by molar-refractivity contribution is -0.305. The summed E-state index contributed by atoms with van der Waals surface area (Å²) in [6.07, 6.45) is 8.18. The zero-order valence-electron chi connectivity index (χ0n) is 20.9. The molecule has 34 heavy (non-hydrogen) atoms. The molecule has 1 heterocycles. The molecule has 1 fully saturated rings. The molecule has 1 rings (SSSR count). The molecule has 0 saturated carbocycles. The van der Waals surface area contributed by atoms with Gasteiger partial charge in [0.25, 0.3) is 0 Å². The number of esters is 1. The molecule has 0 spiro atoms. The second kappa shape index (κ2) is 19.4. The van der Waals surface area contributed by atoms with Crippen molar-refractivity contribution in [3.05, 3.63) is 0 Å². The van der Waals surface area contributed by atoms with Crippen molar-refractivity contribution in [2.24, 2.45) is 0 Å². The summed E-state index contributed by atoms with van der Waals surface area (Å²) < 4.78 is 15.5. The number of ether oxygens (including phenoxy) is 3. The monoisotopic (exact) mass is 492 g/mol. The van der Waals surface area contributed by atoms with E-state index in [1.54, 1.807) is 0 Å². The fraction of sp³-hybridized carbons (Fsp3) is 0.960. The molecule has 1 aliphatic rings. The second-order valence-electron chi connectivity index (χ2n) is 9.36. The van der Waals surface area contributed by atoms with Crippen LogP contribution in [0.4, 0.5) is 0 Å². The first-order valence-electron chi connectivity index (χ1n) is 13.2. The summed E-state index contributed by atoms with van der Waals surface area (Å²) in [6, 6.07) is 0. The molecule has 0 bridgehead atoms. The molecule has 5 N–H and O–H groups in total. The quantitative estimate of drug-likeness (QED) is 0.127. The summed E-state index contributed by atoms with van der Waals surface area (Å²) in [5.41, 5.74) is 0. The Kier molecular flexibility index (Phi) is 17.8. The molecular weight excluding hydrogens is 444 g/mol. The molecule has 202 valence electrons. The molecule has 1 saturated heterocycles. The molecule has 0 unspecified atom stereocenters. The zero-order valence-corrected chi connectivity index (χ0v) is 20.9. The Bertz CT molecular complexity index is 503. The minimum Gasteiger partial charge on any atom is -0.463 e. The predicted octanol–water partition coefficient (Wildman–Crippen LogP) is 2.19. The van der Waals surface area contributed by atoms with Crippen LogP contribution in [-0.4, -0.2) is 88.1 Å². The maximum Gasteiger partial charge on any atom is 0.305 e. The normalized spacial score (nSPS) is 25.9. The molecule has 6 atom stereocenters. The van der Waals surface area contributed by atoms with Gasteiger partial charge < -0.3 is 39.7 Å². The predicted molar refractivity (Wildman–Crippen MR) is 127 cm³/mol. The highest BCUT2D eigenvalue weighted by molar-refractivity contribution is 5.69. The lowest BCUT2D eigenvalue weighted by Crippen LogP contribution is -2.59. The molecule has 0 amide bonds. The first kappa shape index (κ1) is 31.2. The van der Waals surface area contributed by atoms with Gasteiger partial charge in [0, 0.05) is 6.42 Å². The minimum atomic E-state index is -1.55. The number of carbonyl (C=O) groups is 1. The average Bonchev–Trinajstić information content (AvgIpc) is 2.83. The maximum atomic E-state index is 11.8. The molecule has 9 nitrogen and oxygen atoms in total. The molecule has 0 aromatic heterocycles. The van der Waals surface area contributed by atoms with Gasteiger partial charge in [-0.3, -0.25) is 4.79 Å².